The number of carbonyl (C=O) groups excluding carboxylic acids is 8. The molecule has 0 spiro atoms. The smallest absolute Gasteiger partial charge is 0.230 e. The molecule has 210 valence electrons. The number of amides is 8. The minimum Gasteiger partial charge on any atom is -0.274 e. The highest BCUT2D eigenvalue weighted by molar-refractivity contribution is 6.21. The van der Waals surface area contributed by atoms with E-state index in [9.17, 15) is 38.4 Å². The Hall–Kier alpha value is -5.00. The molecule has 2 rings (SSSR count). The highest BCUT2D eigenvalue weighted by Gasteiger charge is 2.29. The van der Waals surface area contributed by atoms with Crippen LogP contribution in [0.2, 0.25) is 0 Å². The summed E-state index contributed by atoms with van der Waals surface area (Å²) < 4.78 is 0. The lowest BCUT2D eigenvalue weighted by atomic mass is 9.98. The summed E-state index contributed by atoms with van der Waals surface area (Å²) in [4.78, 5) is 103. The molecule has 0 aliphatic carbocycles. The minimum absolute atomic E-state index is 0.0407. The molecule has 2 aromatic carbocycles. The number of anilines is 4. The number of rotatable bonds is 5. The van der Waals surface area contributed by atoms with Crippen molar-refractivity contribution in [2.75, 3.05) is 19.6 Å². The summed E-state index contributed by atoms with van der Waals surface area (Å²) >= 11 is 0. The van der Waals surface area contributed by atoms with Gasteiger partial charge in [-0.05, 0) is 24.3 Å². The summed E-state index contributed by atoms with van der Waals surface area (Å²) in [7, 11) is 0. The number of hydrogen-bond acceptors (Lipinski definition) is 8. The average Bonchev–Trinajstić information content (AvgIpc) is 2.78. The van der Waals surface area contributed by atoms with Crippen LogP contribution < -0.4 is 19.6 Å². The lowest BCUT2D eigenvalue weighted by molar-refractivity contribution is -0.126. The lowest BCUT2D eigenvalue weighted by Crippen LogP contribution is -2.36. The van der Waals surface area contributed by atoms with Crippen molar-refractivity contribution in [1.82, 2.24) is 0 Å². The van der Waals surface area contributed by atoms with Crippen molar-refractivity contribution in [2.45, 2.75) is 55.4 Å². The molecular formula is C28H30N4O8. The van der Waals surface area contributed by atoms with Gasteiger partial charge in [0.15, 0.2) is 0 Å². The first-order chi connectivity index (χ1) is 18.5. The van der Waals surface area contributed by atoms with Crippen LogP contribution in [0.15, 0.2) is 36.4 Å². The molecule has 0 saturated heterocycles. The molecule has 0 aliphatic heterocycles. The van der Waals surface area contributed by atoms with Gasteiger partial charge in [-0.2, -0.15) is 0 Å². The molecule has 2 aromatic rings. The number of hydrogen-bond donors (Lipinski definition) is 0. The zero-order valence-electron chi connectivity index (χ0n) is 23.5. The zero-order chi connectivity index (χ0) is 30.6. The van der Waals surface area contributed by atoms with Crippen LogP contribution >= 0.6 is 0 Å². The van der Waals surface area contributed by atoms with Crippen LogP contribution in [0.4, 0.5) is 22.7 Å². The van der Waals surface area contributed by atoms with Crippen molar-refractivity contribution < 1.29 is 38.4 Å². The second-order valence-corrected chi connectivity index (χ2v) is 8.90. The predicted molar refractivity (Wildman–Crippen MR) is 147 cm³/mol. The normalized spacial score (nSPS) is 10.3. The molecule has 0 bridgehead atoms. The van der Waals surface area contributed by atoms with Crippen LogP contribution in [0.1, 0.15) is 55.4 Å². The summed E-state index contributed by atoms with van der Waals surface area (Å²) in [6, 6.07) is 8.24. The van der Waals surface area contributed by atoms with Gasteiger partial charge in [0.05, 0.1) is 22.7 Å². The number of nitrogens with zero attached hydrogens (tertiary/aromatic N) is 4. The molecule has 0 atom stereocenters. The van der Waals surface area contributed by atoms with Gasteiger partial charge >= 0.3 is 0 Å². The third-order valence-electron chi connectivity index (χ3n) is 5.77. The lowest BCUT2D eigenvalue weighted by Gasteiger charge is -2.28. The molecule has 0 aliphatic rings. The Morgan fingerprint density at radius 2 is 0.600 bits per heavy atom. The van der Waals surface area contributed by atoms with E-state index in [1.165, 1.54) is 64.1 Å². The Balaban J connectivity index is 3.10. The van der Waals surface area contributed by atoms with Gasteiger partial charge in [-0.15, -0.1) is 0 Å². The van der Waals surface area contributed by atoms with Crippen LogP contribution in [0.25, 0.3) is 11.1 Å². The molecule has 12 heteroatoms. The molecule has 12 nitrogen and oxygen atoms in total. The minimum atomic E-state index is -0.685. The van der Waals surface area contributed by atoms with E-state index in [4.69, 9.17) is 0 Å². The molecule has 8 amide bonds. The first-order valence-corrected chi connectivity index (χ1v) is 12.0. The third-order valence-corrected chi connectivity index (χ3v) is 5.77. The van der Waals surface area contributed by atoms with Crippen molar-refractivity contribution in [3.05, 3.63) is 36.4 Å². The Morgan fingerprint density at radius 3 is 0.800 bits per heavy atom. The van der Waals surface area contributed by atoms with Crippen LogP contribution in [0.3, 0.4) is 0 Å². The van der Waals surface area contributed by atoms with Crippen molar-refractivity contribution in [2.24, 2.45) is 0 Å². The molecule has 0 N–H and O–H groups in total. The van der Waals surface area contributed by atoms with Crippen LogP contribution in [0.5, 0.6) is 0 Å². The Kier molecular flexibility index (Phi) is 9.55. The summed E-state index contributed by atoms with van der Waals surface area (Å²) in [6.45, 7) is 9.27. The van der Waals surface area contributed by atoms with E-state index < -0.39 is 47.3 Å². The van der Waals surface area contributed by atoms with Gasteiger partial charge in [0.25, 0.3) is 0 Å². The van der Waals surface area contributed by atoms with Crippen LogP contribution in [-0.2, 0) is 38.4 Å². The second-order valence-electron chi connectivity index (χ2n) is 8.90. The van der Waals surface area contributed by atoms with E-state index >= 15 is 0 Å². The molecule has 40 heavy (non-hydrogen) atoms. The standard InChI is InChI=1S/C28H30N4O8/c1-15(33)29(16(2)34)23-9-11-25(27(13-23)31(19(5)37)20(6)38)26-12-10-24(30(17(3)35)18(4)36)14-28(26)32(21(7)39)22(8)40/h9-14H,1-8H3. The van der Waals surface area contributed by atoms with Gasteiger partial charge in [0.1, 0.15) is 0 Å². The highest BCUT2D eigenvalue weighted by Crippen LogP contribution is 2.42. The summed E-state index contributed by atoms with van der Waals surface area (Å²) in [5, 5.41) is 0. The molecule has 0 fully saturated rings. The summed E-state index contributed by atoms with van der Waals surface area (Å²) in [6.07, 6.45) is 0. The monoisotopic (exact) mass is 550 g/mol. The fourth-order valence-corrected chi connectivity index (χ4v) is 4.44. The van der Waals surface area contributed by atoms with E-state index in [2.05, 4.69) is 0 Å². The van der Waals surface area contributed by atoms with Crippen molar-refractivity contribution >= 4 is 70.0 Å². The zero-order valence-corrected chi connectivity index (χ0v) is 23.5. The molecular weight excluding hydrogens is 520 g/mol. The SMILES string of the molecule is CC(=O)N(C(C)=O)c1ccc(-c2ccc(N(C(C)=O)C(C)=O)cc2N(C(C)=O)C(C)=O)c(N(C(C)=O)C(C)=O)c1. The van der Waals surface area contributed by atoms with Crippen LogP contribution in [-0.4, -0.2) is 47.3 Å². The highest BCUT2D eigenvalue weighted by atomic mass is 16.2. The van der Waals surface area contributed by atoms with E-state index in [1.54, 1.807) is 0 Å². The van der Waals surface area contributed by atoms with Gasteiger partial charge in [0.2, 0.25) is 47.3 Å². The van der Waals surface area contributed by atoms with Gasteiger partial charge in [-0.25, -0.2) is 0 Å². The summed E-state index contributed by atoms with van der Waals surface area (Å²) in [5.74, 6) is -5.18. The van der Waals surface area contributed by atoms with E-state index in [1.807, 2.05) is 0 Å². The van der Waals surface area contributed by atoms with Crippen molar-refractivity contribution in [1.29, 1.82) is 0 Å². The maximum atomic E-state index is 12.6. The van der Waals surface area contributed by atoms with Crippen molar-refractivity contribution in [3.8, 4) is 11.1 Å². The number of carbonyl (C=O) groups is 8. The molecule has 0 heterocycles. The largest absolute Gasteiger partial charge is 0.274 e. The van der Waals surface area contributed by atoms with E-state index in [0.717, 1.165) is 47.3 Å². The topological polar surface area (TPSA) is 150 Å². The number of imide groups is 4. The molecule has 0 saturated carbocycles. The third kappa shape index (κ3) is 6.34. The van der Waals surface area contributed by atoms with E-state index in [-0.39, 0.29) is 33.9 Å². The Morgan fingerprint density at radius 1 is 0.375 bits per heavy atom. The maximum Gasteiger partial charge on any atom is 0.230 e. The average molecular weight is 551 g/mol. The fraction of sp³-hybridized carbons (Fsp3) is 0.286. The Labute approximate surface area is 231 Å². The fourth-order valence-electron chi connectivity index (χ4n) is 4.44. The predicted octanol–water partition coefficient (Wildman–Crippen LogP) is 2.95. The number of benzene rings is 2. The van der Waals surface area contributed by atoms with Crippen molar-refractivity contribution in [3.63, 3.8) is 0 Å². The molecule has 0 aromatic heterocycles. The molecule has 0 radical (unpaired) electrons. The Bertz CT molecular complexity index is 1300. The summed E-state index contributed by atoms with van der Waals surface area (Å²) in [5.41, 5.74) is 0.402. The first kappa shape index (κ1) is 31.2. The quantitative estimate of drug-likeness (QED) is 0.552. The van der Waals surface area contributed by atoms with E-state index in [0.29, 0.717) is 0 Å². The van der Waals surface area contributed by atoms with Gasteiger partial charge in [-0.1, -0.05) is 12.1 Å². The maximum absolute atomic E-state index is 12.6. The van der Waals surface area contributed by atoms with Gasteiger partial charge in [0, 0.05) is 66.5 Å². The van der Waals surface area contributed by atoms with Crippen LogP contribution in [0, 0.1) is 0 Å². The first-order valence-electron chi connectivity index (χ1n) is 12.0. The van der Waals surface area contributed by atoms with Gasteiger partial charge in [-0.3, -0.25) is 58.0 Å². The van der Waals surface area contributed by atoms with Gasteiger partial charge < -0.3 is 0 Å². The molecule has 0 unspecified atom stereocenters. The second kappa shape index (κ2) is 12.2.